The molecule has 4 aliphatic carbocycles. The number of methoxy groups -OCH3 is 2. The van der Waals surface area contributed by atoms with E-state index >= 15 is 0 Å². The maximum absolute atomic E-state index is 13.3. The van der Waals surface area contributed by atoms with E-state index in [1.54, 1.807) is 13.0 Å². The van der Waals surface area contributed by atoms with Gasteiger partial charge < -0.3 is 68.6 Å². The van der Waals surface area contributed by atoms with Crippen molar-refractivity contribution in [2.75, 3.05) is 27.4 Å². The molecule has 4 saturated carbocycles. The summed E-state index contributed by atoms with van der Waals surface area (Å²) in [6, 6.07) is 0. The number of aldehydes is 1. The van der Waals surface area contributed by atoms with Crippen molar-refractivity contribution < 1.29 is 73.4 Å². The fourth-order valence-corrected chi connectivity index (χ4v) is 11.7. The molecule has 3 aliphatic heterocycles. The van der Waals surface area contributed by atoms with Crippen molar-refractivity contribution in [2.24, 2.45) is 28.6 Å². The van der Waals surface area contributed by atoms with E-state index in [2.05, 4.69) is 6.92 Å². The lowest BCUT2D eigenvalue weighted by molar-refractivity contribution is -0.365. The minimum atomic E-state index is -1.62. The third-order valence-corrected chi connectivity index (χ3v) is 14.6. The highest BCUT2D eigenvalue weighted by atomic mass is 16.7. The van der Waals surface area contributed by atoms with Gasteiger partial charge in [-0.15, -0.1) is 0 Å². The molecule has 15 heteroatoms. The second-order valence-corrected chi connectivity index (χ2v) is 16.6. The third-order valence-electron chi connectivity index (χ3n) is 14.6. The number of hydrogen-bond donors (Lipinski definition) is 6. The van der Waals surface area contributed by atoms with Gasteiger partial charge in [0.2, 0.25) is 0 Å². The number of ether oxygens (including phenoxy) is 7. The topological polar surface area (TPSA) is 220 Å². The van der Waals surface area contributed by atoms with Gasteiger partial charge in [0.15, 0.2) is 12.6 Å². The van der Waals surface area contributed by atoms with Crippen LogP contribution in [0.3, 0.4) is 0 Å². The summed E-state index contributed by atoms with van der Waals surface area (Å²) in [5, 5.41) is 65.7. The first-order valence-electron chi connectivity index (χ1n) is 18.8. The van der Waals surface area contributed by atoms with Gasteiger partial charge in [-0.1, -0.05) is 6.92 Å². The summed E-state index contributed by atoms with van der Waals surface area (Å²) in [7, 11) is 2.93. The maximum atomic E-state index is 13.3. The summed E-state index contributed by atoms with van der Waals surface area (Å²) < 4.78 is 41.3. The molecular weight excluding hydrogens is 684 g/mol. The smallest absolute Gasteiger partial charge is 0.331 e. The quantitative estimate of drug-likeness (QED) is 0.103. The summed E-state index contributed by atoms with van der Waals surface area (Å²) in [5.41, 5.74) is -3.00. The molecule has 0 amide bonds. The molecule has 7 rings (SSSR count). The van der Waals surface area contributed by atoms with E-state index in [1.165, 1.54) is 14.2 Å². The SMILES string of the molecule is CO[C@H]1[C@@H](O[C@@H]2O[C@H](CO)[C@@H](O)[C@H](O)[C@H]2O)[C@@H](C)O[C@@H](O[C@H]2CC[C@]3(C=O)[C@H]4CC[C@]5(C)[C@@H](C6=CC(=O)OC6)CC[C@]5(O)[C@@H]4CC[C@]3(O)C2)[C@@H]1OC. The van der Waals surface area contributed by atoms with Crippen molar-refractivity contribution in [1.29, 1.82) is 0 Å². The number of esters is 1. The molecule has 0 spiro atoms. The molecule has 0 aromatic heterocycles. The Bertz CT molecular complexity index is 1380. The van der Waals surface area contributed by atoms with Crippen molar-refractivity contribution >= 4 is 12.3 Å². The van der Waals surface area contributed by atoms with Crippen LogP contribution in [0.4, 0.5) is 0 Å². The number of carbonyl (C=O) groups excluding carboxylic acids is 2. The van der Waals surface area contributed by atoms with E-state index in [-0.39, 0.29) is 36.8 Å². The van der Waals surface area contributed by atoms with Crippen LogP contribution in [0.25, 0.3) is 0 Å². The van der Waals surface area contributed by atoms with E-state index in [0.717, 1.165) is 18.3 Å². The molecule has 3 heterocycles. The van der Waals surface area contributed by atoms with E-state index in [4.69, 9.17) is 33.2 Å². The fourth-order valence-electron chi connectivity index (χ4n) is 11.7. The van der Waals surface area contributed by atoms with Gasteiger partial charge >= 0.3 is 5.97 Å². The molecule has 52 heavy (non-hydrogen) atoms. The average molecular weight is 741 g/mol. The Balaban J connectivity index is 1.05. The zero-order valence-electron chi connectivity index (χ0n) is 30.4. The number of rotatable bonds is 9. The van der Waals surface area contributed by atoms with Gasteiger partial charge in [0, 0.05) is 32.1 Å². The molecule has 0 aromatic rings. The van der Waals surface area contributed by atoms with E-state index in [9.17, 15) is 40.2 Å². The van der Waals surface area contributed by atoms with Gasteiger partial charge in [-0.2, -0.15) is 0 Å². The second-order valence-electron chi connectivity index (χ2n) is 16.6. The average Bonchev–Trinajstić information content (AvgIpc) is 3.67. The molecule has 15 nitrogen and oxygen atoms in total. The van der Waals surface area contributed by atoms with Crippen molar-refractivity contribution in [3.05, 3.63) is 11.6 Å². The van der Waals surface area contributed by atoms with Crippen molar-refractivity contribution in [3.8, 4) is 0 Å². The van der Waals surface area contributed by atoms with Gasteiger partial charge in [-0.3, -0.25) is 0 Å². The summed E-state index contributed by atoms with van der Waals surface area (Å²) in [6.45, 7) is 3.49. The van der Waals surface area contributed by atoms with Crippen LogP contribution >= 0.6 is 0 Å². The molecule has 0 aromatic carbocycles. The Morgan fingerprint density at radius 3 is 2.25 bits per heavy atom. The van der Waals surface area contributed by atoms with Crippen LogP contribution in [-0.2, 0) is 42.7 Å². The lowest BCUT2D eigenvalue weighted by atomic mass is 9.41. The van der Waals surface area contributed by atoms with E-state index in [0.29, 0.717) is 44.9 Å². The van der Waals surface area contributed by atoms with Gasteiger partial charge in [-0.05, 0) is 81.6 Å². The van der Waals surface area contributed by atoms with E-state index in [1.807, 2.05) is 0 Å². The number of cyclic esters (lactones) is 1. The first-order valence-corrected chi connectivity index (χ1v) is 18.8. The first-order chi connectivity index (χ1) is 24.7. The number of hydrogen-bond acceptors (Lipinski definition) is 15. The minimum absolute atomic E-state index is 0.0202. The normalized spacial score (nSPS) is 53.3. The summed E-state index contributed by atoms with van der Waals surface area (Å²) in [5.74, 6) is -0.714. The Morgan fingerprint density at radius 1 is 0.865 bits per heavy atom. The maximum Gasteiger partial charge on any atom is 0.331 e. The molecular formula is C37H56O15. The first kappa shape index (κ1) is 38.7. The lowest BCUT2D eigenvalue weighted by Gasteiger charge is -2.65. The molecule has 6 N–H and O–H groups in total. The Hall–Kier alpha value is -1.60. The highest BCUT2D eigenvalue weighted by Crippen LogP contribution is 2.70. The molecule has 2 saturated heterocycles. The summed E-state index contributed by atoms with van der Waals surface area (Å²) in [4.78, 5) is 25.2. The van der Waals surface area contributed by atoms with Crippen LogP contribution in [0.15, 0.2) is 11.6 Å². The molecule has 18 atom stereocenters. The molecule has 7 aliphatic rings. The van der Waals surface area contributed by atoms with Crippen LogP contribution in [0.5, 0.6) is 0 Å². The van der Waals surface area contributed by atoms with Gasteiger partial charge in [-0.25, -0.2) is 4.79 Å². The standard InChI is InChI=1S/C37H56O15/c1-18-29(52-32-28(43)27(42)26(41)24(15-38)51-32)30(46-3)31(47-4)33(49-18)50-20-5-10-35(17-39)22-6-9-34(2)21(19-13-25(40)48-16-19)8-12-37(34,45)23(22)7-11-36(35,44)14-20/h13,17-18,20-24,26-33,38,41-45H,5-12,14-16H2,1-4H3/t18-,20+,21-,22+,23-,24-,26-,27+,28-,29+,30+,31-,32+,33+,34-,35+,36+,37+/m1/s1. The van der Waals surface area contributed by atoms with E-state index < -0.39 is 96.2 Å². The number of aliphatic hydroxyl groups is 6. The van der Waals surface area contributed by atoms with Crippen molar-refractivity contribution in [2.45, 2.75) is 150 Å². The minimum Gasteiger partial charge on any atom is -0.458 e. The molecule has 6 fully saturated rings. The van der Waals surface area contributed by atoms with Crippen LogP contribution in [0.2, 0.25) is 0 Å². The highest BCUT2D eigenvalue weighted by Gasteiger charge is 2.71. The second kappa shape index (κ2) is 14.2. The van der Waals surface area contributed by atoms with Crippen LogP contribution in [0, 0.1) is 28.6 Å². The van der Waals surface area contributed by atoms with Gasteiger partial charge in [0.1, 0.15) is 55.6 Å². The van der Waals surface area contributed by atoms with Crippen LogP contribution in [0.1, 0.15) is 71.6 Å². The fraction of sp³-hybridized carbons (Fsp3) is 0.892. The van der Waals surface area contributed by atoms with Crippen LogP contribution < -0.4 is 0 Å². The molecule has 0 radical (unpaired) electrons. The number of carbonyl (C=O) groups is 2. The van der Waals surface area contributed by atoms with Gasteiger partial charge in [0.05, 0.1) is 35.4 Å². The largest absolute Gasteiger partial charge is 0.458 e. The Kier molecular flexibility index (Phi) is 10.5. The predicted octanol–water partition coefficient (Wildman–Crippen LogP) is -0.118. The number of aliphatic hydroxyl groups excluding tert-OH is 4. The summed E-state index contributed by atoms with van der Waals surface area (Å²) in [6.07, 6.45) is -4.97. The van der Waals surface area contributed by atoms with Gasteiger partial charge in [0.25, 0.3) is 0 Å². The van der Waals surface area contributed by atoms with Crippen molar-refractivity contribution in [1.82, 2.24) is 0 Å². The predicted molar refractivity (Wildman–Crippen MR) is 177 cm³/mol. The summed E-state index contributed by atoms with van der Waals surface area (Å²) >= 11 is 0. The Morgan fingerprint density at radius 2 is 1.60 bits per heavy atom. The zero-order chi connectivity index (χ0) is 37.4. The molecule has 0 bridgehead atoms. The zero-order valence-corrected chi connectivity index (χ0v) is 30.4. The highest BCUT2D eigenvalue weighted by molar-refractivity contribution is 5.85. The van der Waals surface area contributed by atoms with Crippen molar-refractivity contribution in [3.63, 3.8) is 0 Å². The molecule has 0 unspecified atom stereocenters. The lowest BCUT2D eigenvalue weighted by Crippen LogP contribution is -2.69. The third kappa shape index (κ3) is 5.76. The monoisotopic (exact) mass is 740 g/mol. The Labute approximate surface area is 303 Å². The number of fused-ring (bicyclic) bond motifs is 5. The molecule has 294 valence electrons. The van der Waals surface area contributed by atoms with Crippen LogP contribution in [-0.4, -0.2) is 149 Å².